The molecule has 4 nitrogen and oxygen atoms in total. The third kappa shape index (κ3) is 4.71. The van der Waals surface area contributed by atoms with Crippen LogP contribution in [0.15, 0.2) is 18.3 Å². The lowest BCUT2D eigenvalue weighted by Crippen LogP contribution is -2.20. The molecule has 2 rings (SSSR count). The number of nitrogens with zero attached hydrogens (tertiary/aromatic N) is 1. The van der Waals surface area contributed by atoms with E-state index in [2.05, 4.69) is 10.3 Å². The molecule has 0 amide bonds. The van der Waals surface area contributed by atoms with Gasteiger partial charge in [0.25, 0.3) is 0 Å². The smallest absolute Gasteiger partial charge is 0.168 e. The molecule has 0 radical (unpaired) electrons. The third-order valence-electron chi connectivity index (χ3n) is 3.37. The Labute approximate surface area is 115 Å². The maximum atomic E-state index is 5.87. The lowest BCUT2D eigenvalue weighted by atomic mass is 9.98. The molecule has 1 saturated carbocycles. The summed E-state index contributed by atoms with van der Waals surface area (Å²) in [7, 11) is 0. The normalized spacial score (nSPS) is 16.3. The van der Waals surface area contributed by atoms with E-state index in [1.165, 1.54) is 32.1 Å². The summed E-state index contributed by atoms with van der Waals surface area (Å²) in [6.45, 7) is 4.13. The fourth-order valence-corrected chi connectivity index (χ4v) is 2.42. The Hall–Kier alpha value is -1.29. The van der Waals surface area contributed by atoms with Crippen molar-refractivity contribution in [3.05, 3.63) is 18.3 Å². The zero-order chi connectivity index (χ0) is 13.3. The van der Waals surface area contributed by atoms with Crippen molar-refractivity contribution >= 4 is 5.82 Å². The molecule has 19 heavy (non-hydrogen) atoms. The Balaban J connectivity index is 1.70. The van der Waals surface area contributed by atoms with Gasteiger partial charge in [-0.1, -0.05) is 19.3 Å². The second kappa shape index (κ2) is 8.00. The van der Waals surface area contributed by atoms with Gasteiger partial charge in [-0.25, -0.2) is 4.98 Å². The summed E-state index contributed by atoms with van der Waals surface area (Å²) in [4.78, 5) is 4.29. The van der Waals surface area contributed by atoms with E-state index in [4.69, 9.17) is 9.47 Å². The van der Waals surface area contributed by atoms with E-state index in [0.29, 0.717) is 12.7 Å². The van der Waals surface area contributed by atoms with Gasteiger partial charge < -0.3 is 14.8 Å². The van der Waals surface area contributed by atoms with Crippen LogP contribution in [0.4, 0.5) is 5.82 Å². The number of hydrogen-bond acceptors (Lipinski definition) is 4. The van der Waals surface area contributed by atoms with Crippen molar-refractivity contribution in [1.82, 2.24) is 4.98 Å². The van der Waals surface area contributed by atoms with Gasteiger partial charge in [-0.2, -0.15) is 0 Å². The Morgan fingerprint density at radius 3 is 2.95 bits per heavy atom. The van der Waals surface area contributed by atoms with Crippen LogP contribution >= 0.6 is 0 Å². The van der Waals surface area contributed by atoms with Crippen molar-refractivity contribution in [2.45, 2.75) is 45.1 Å². The quantitative estimate of drug-likeness (QED) is 0.768. The van der Waals surface area contributed by atoms with Gasteiger partial charge in [-0.15, -0.1) is 0 Å². The molecule has 1 aromatic rings. The zero-order valence-corrected chi connectivity index (χ0v) is 11.7. The van der Waals surface area contributed by atoms with E-state index < -0.39 is 0 Å². The van der Waals surface area contributed by atoms with Gasteiger partial charge in [0.1, 0.15) is 0 Å². The van der Waals surface area contributed by atoms with Gasteiger partial charge in [-0.3, -0.25) is 0 Å². The first-order chi connectivity index (χ1) is 9.40. The predicted molar refractivity (Wildman–Crippen MR) is 76.7 cm³/mol. The summed E-state index contributed by atoms with van der Waals surface area (Å²) < 4.78 is 11.4. The van der Waals surface area contributed by atoms with Crippen molar-refractivity contribution in [2.24, 2.45) is 0 Å². The summed E-state index contributed by atoms with van der Waals surface area (Å²) >= 11 is 0. The second-order valence-corrected chi connectivity index (χ2v) is 4.84. The first kappa shape index (κ1) is 14.1. The van der Waals surface area contributed by atoms with Gasteiger partial charge in [0.15, 0.2) is 11.6 Å². The van der Waals surface area contributed by atoms with Crippen LogP contribution in [0.5, 0.6) is 5.75 Å². The lowest BCUT2D eigenvalue weighted by molar-refractivity contribution is 0.0347. The van der Waals surface area contributed by atoms with Crippen LogP contribution in [-0.4, -0.2) is 30.8 Å². The van der Waals surface area contributed by atoms with Gasteiger partial charge in [0.2, 0.25) is 0 Å². The average Bonchev–Trinajstić information content (AvgIpc) is 2.47. The maximum absolute atomic E-state index is 5.87. The molecular weight excluding hydrogens is 240 g/mol. The van der Waals surface area contributed by atoms with Crippen LogP contribution < -0.4 is 10.1 Å². The molecule has 1 fully saturated rings. The summed E-state index contributed by atoms with van der Waals surface area (Å²) in [5.74, 6) is 1.61. The third-order valence-corrected chi connectivity index (χ3v) is 3.37. The van der Waals surface area contributed by atoms with Crippen molar-refractivity contribution in [3.63, 3.8) is 0 Å². The van der Waals surface area contributed by atoms with Gasteiger partial charge in [0, 0.05) is 12.7 Å². The highest BCUT2D eigenvalue weighted by Gasteiger charge is 2.13. The molecule has 0 atom stereocenters. The highest BCUT2D eigenvalue weighted by atomic mass is 16.5. The van der Waals surface area contributed by atoms with Gasteiger partial charge >= 0.3 is 0 Å². The Morgan fingerprint density at radius 1 is 1.32 bits per heavy atom. The Morgan fingerprint density at radius 2 is 2.16 bits per heavy atom. The summed E-state index contributed by atoms with van der Waals surface area (Å²) in [5, 5.41) is 3.28. The van der Waals surface area contributed by atoms with E-state index in [1.54, 1.807) is 6.20 Å². The van der Waals surface area contributed by atoms with Gasteiger partial charge in [-0.05, 0) is 31.9 Å². The standard InChI is InChI=1S/C15H24N2O2/c1-2-18-14-9-6-10-16-15(14)17-11-12-19-13-7-4-3-5-8-13/h6,9-10,13H,2-5,7-8,11-12H2,1H3,(H,16,17). The van der Waals surface area contributed by atoms with Crippen LogP contribution in [0.25, 0.3) is 0 Å². The van der Waals surface area contributed by atoms with E-state index in [-0.39, 0.29) is 0 Å². The molecule has 0 aromatic carbocycles. The maximum Gasteiger partial charge on any atom is 0.168 e. The minimum Gasteiger partial charge on any atom is -0.490 e. The van der Waals surface area contributed by atoms with Crippen molar-refractivity contribution in [2.75, 3.05) is 25.1 Å². The summed E-state index contributed by atoms with van der Waals surface area (Å²) in [5.41, 5.74) is 0. The molecule has 1 aliphatic carbocycles. The number of aromatic nitrogens is 1. The minimum absolute atomic E-state index is 0.464. The fraction of sp³-hybridized carbons (Fsp3) is 0.667. The van der Waals surface area contributed by atoms with Crippen LogP contribution in [0.1, 0.15) is 39.0 Å². The monoisotopic (exact) mass is 264 g/mol. The largest absolute Gasteiger partial charge is 0.490 e. The van der Waals surface area contributed by atoms with E-state index in [1.807, 2.05) is 19.1 Å². The topological polar surface area (TPSA) is 43.4 Å². The predicted octanol–water partition coefficient (Wildman–Crippen LogP) is 3.24. The second-order valence-electron chi connectivity index (χ2n) is 4.84. The van der Waals surface area contributed by atoms with Crippen molar-refractivity contribution in [1.29, 1.82) is 0 Å². The SMILES string of the molecule is CCOc1cccnc1NCCOC1CCCCC1. The number of pyridine rings is 1. The molecule has 0 spiro atoms. The molecular formula is C15H24N2O2. The summed E-state index contributed by atoms with van der Waals surface area (Å²) in [6, 6.07) is 3.82. The van der Waals surface area contributed by atoms with E-state index in [9.17, 15) is 0 Å². The molecule has 0 aliphatic heterocycles. The molecule has 1 aliphatic rings. The number of rotatable bonds is 7. The van der Waals surface area contributed by atoms with E-state index in [0.717, 1.165) is 24.7 Å². The Bertz CT molecular complexity index is 365. The van der Waals surface area contributed by atoms with Crippen LogP contribution in [0, 0.1) is 0 Å². The molecule has 0 unspecified atom stereocenters. The zero-order valence-electron chi connectivity index (χ0n) is 11.7. The fourth-order valence-electron chi connectivity index (χ4n) is 2.42. The number of anilines is 1. The first-order valence-corrected chi connectivity index (χ1v) is 7.33. The molecule has 1 aromatic heterocycles. The lowest BCUT2D eigenvalue weighted by Gasteiger charge is -2.22. The number of hydrogen-bond donors (Lipinski definition) is 1. The molecule has 106 valence electrons. The molecule has 0 bridgehead atoms. The van der Waals surface area contributed by atoms with Crippen LogP contribution in [0.2, 0.25) is 0 Å². The van der Waals surface area contributed by atoms with E-state index >= 15 is 0 Å². The van der Waals surface area contributed by atoms with Crippen LogP contribution in [0.3, 0.4) is 0 Å². The highest BCUT2D eigenvalue weighted by Crippen LogP contribution is 2.21. The Kier molecular flexibility index (Phi) is 5.95. The van der Waals surface area contributed by atoms with Crippen molar-refractivity contribution in [3.8, 4) is 5.75 Å². The highest BCUT2D eigenvalue weighted by molar-refractivity contribution is 5.49. The summed E-state index contributed by atoms with van der Waals surface area (Å²) in [6.07, 6.45) is 8.66. The average molecular weight is 264 g/mol. The number of nitrogens with one attached hydrogen (secondary N) is 1. The molecule has 1 N–H and O–H groups in total. The molecule has 0 saturated heterocycles. The van der Waals surface area contributed by atoms with Crippen LogP contribution in [-0.2, 0) is 4.74 Å². The molecule has 1 heterocycles. The minimum atomic E-state index is 0.464. The first-order valence-electron chi connectivity index (χ1n) is 7.33. The van der Waals surface area contributed by atoms with Crippen molar-refractivity contribution < 1.29 is 9.47 Å². The molecule has 4 heteroatoms. The number of ether oxygens (including phenoxy) is 2. The van der Waals surface area contributed by atoms with Gasteiger partial charge in [0.05, 0.1) is 19.3 Å².